The Balaban J connectivity index is 2.38. The topological polar surface area (TPSA) is 53.4 Å². The van der Waals surface area contributed by atoms with Gasteiger partial charge in [0.05, 0.1) is 25.2 Å². The van der Waals surface area contributed by atoms with Gasteiger partial charge in [-0.3, -0.25) is 0 Å². The first-order chi connectivity index (χ1) is 10.7. The Morgan fingerprint density at radius 2 is 2.00 bits per heavy atom. The molecule has 0 unspecified atom stereocenters. The molecule has 6 heteroatoms. The molecule has 0 atom stereocenters. The van der Waals surface area contributed by atoms with Gasteiger partial charge in [-0.1, -0.05) is 0 Å². The van der Waals surface area contributed by atoms with Crippen molar-refractivity contribution in [2.45, 2.75) is 13.8 Å². The highest BCUT2D eigenvalue weighted by Gasteiger charge is 2.17. The van der Waals surface area contributed by atoms with Gasteiger partial charge in [0.15, 0.2) is 5.69 Å². The quantitative estimate of drug-likeness (QED) is 0.607. The fourth-order valence-corrected chi connectivity index (χ4v) is 1.81. The Labute approximate surface area is 128 Å². The van der Waals surface area contributed by atoms with Gasteiger partial charge in [-0.25, -0.2) is 13.9 Å². The third kappa shape index (κ3) is 3.72. The first-order valence-corrected chi connectivity index (χ1v) is 6.96. The number of halogens is 1. The van der Waals surface area contributed by atoms with E-state index in [-0.39, 0.29) is 18.1 Å². The Bertz CT molecular complexity index is 663. The Morgan fingerprint density at radius 3 is 2.64 bits per heavy atom. The van der Waals surface area contributed by atoms with Crippen molar-refractivity contribution in [3.63, 3.8) is 0 Å². The lowest BCUT2D eigenvalue weighted by Gasteiger charge is -2.00. The van der Waals surface area contributed by atoms with Gasteiger partial charge in [0.25, 0.3) is 0 Å². The molecule has 116 valence electrons. The standard InChI is InChI=1S/C16H17FN2O3/c1-3-21-10-9-12-11-19(14-7-5-13(17)6-8-14)18-15(12)16(20)22-4-2/h5-11H,3-4H2,1-2H3. The number of hydrogen-bond donors (Lipinski definition) is 0. The van der Waals surface area contributed by atoms with Crippen molar-refractivity contribution in [3.05, 3.63) is 53.8 Å². The molecule has 1 heterocycles. The van der Waals surface area contributed by atoms with E-state index < -0.39 is 5.97 Å². The minimum atomic E-state index is -0.514. The summed E-state index contributed by atoms with van der Waals surface area (Å²) >= 11 is 0. The van der Waals surface area contributed by atoms with Gasteiger partial charge in [-0.15, -0.1) is 0 Å². The van der Waals surface area contributed by atoms with Gasteiger partial charge in [0.2, 0.25) is 0 Å². The van der Waals surface area contributed by atoms with E-state index in [1.807, 2.05) is 6.92 Å². The summed E-state index contributed by atoms with van der Waals surface area (Å²) in [6, 6.07) is 5.81. The van der Waals surface area contributed by atoms with Crippen molar-refractivity contribution < 1.29 is 18.7 Å². The number of carbonyl (C=O) groups excluding carboxylic acids is 1. The van der Waals surface area contributed by atoms with Crippen molar-refractivity contribution in [1.82, 2.24) is 9.78 Å². The molecule has 0 spiro atoms. The van der Waals surface area contributed by atoms with Crippen LogP contribution in [0.2, 0.25) is 0 Å². The maximum atomic E-state index is 13.0. The summed E-state index contributed by atoms with van der Waals surface area (Å²) < 4.78 is 24.6. The maximum absolute atomic E-state index is 13.0. The molecular formula is C16H17FN2O3. The highest BCUT2D eigenvalue weighted by Crippen LogP contribution is 2.16. The van der Waals surface area contributed by atoms with E-state index in [0.717, 1.165) is 0 Å². The Kier molecular flexibility index (Phi) is 5.30. The van der Waals surface area contributed by atoms with Crippen LogP contribution in [0.1, 0.15) is 29.9 Å². The summed E-state index contributed by atoms with van der Waals surface area (Å²) in [6.07, 6.45) is 4.80. The number of carbonyl (C=O) groups is 1. The maximum Gasteiger partial charge on any atom is 0.359 e. The first kappa shape index (κ1) is 15.8. The molecule has 0 aliphatic rings. The van der Waals surface area contributed by atoms with E-state index in [1.165, 1.54) is 23.1 Å². The molecular weight excluding hydrogens is 287 g/mol. The van der Waals surface area contributed by atoms with E-state index in [0.29, 0.717) is 17.9 Å². The van der Waals surface area contributed by atoms with Crippen molar-refractivity contribution in [1.29, 1.82) is 0 Å². The van der Waals surface area contributed by atoms with Crippen LogP contribution in [0.4, 0.5) is 4.39 Å². The lowest BCUT2D eigenvalue weighted by atomic mass is 10.2. The van der Waals surface area contributed by atoms with Gasteiger partial charge in [0.1, 0.15) is 5.82 Å². The molecule has 2 aromatic rings. The molecule has 0 bridgehead atoms. The van der Waals surface area contributed by atoms with Gasteiger partial charge in [0, 0.05) is 11.8 Å². The Morgan fingerprint density at radius 1 is 1.27 bits per heavy atom. The zero-order chi connectivity index (χ0) is 15.9. The predicted molar refractivity (Wildman–Crippen MR) is 80.1 cm³/mol. The minimum absolute atomic E-state index is 0.183. The fraction of sp³-hybridized carbons (Fsp3) is 0.250. The zero-order valence-corrected chi connectivity index (χ0v) is 12.5. The van der Waals surface area contributed by atoms with Gasteiger partial charge >= 0.3 is 5.97 Å². The number of esters is 1. The van der Waals surface area contributed by atoms with E-state index in [4.69, 9.17) is 9.47 Å². The van der Waals surface area contributed by atoms with Gasteiger partial charge in [-0.2, -0.15) is 5.10 Å². The van der Waals surface area contributed by atoms with Crippen LogP contribution in [-0.4, -0.2) is 29.0 Å². The van der Waals surface area contributed by atoms with E-state index in [1.54, 1.807) is 31.3 Å². The second-order valence-corrected chi connectivity index (χ2v) is 4.33. The molecule has 22 heavy (non-hydrogen) atoms. The van der Waals surface area contributed by atoms with Crippen LogP contribution in [-0.2, 0) is 9.47 Å². The smallest absolute Gasteiger partial charge is 0.359 e. The molecule has 0 aliphatic heterocycles. The van der Waals surface area contributed by atoms with E-state index >= 15 is 0 Å². The highest BCUT2D eigenvalue weighted by molar-refractivity contribution is 5.91. The largest absolute Gasteiger partial charge is 0.501 e. The molecule has 0 fully saturated rings. The average molecular weight is 304 g/mol. The molecule has 2 rings (SSSR count). The molecule has 0 radical (unpaired) electrons. The van der Waals surface area contributed by atoms with Crippen molar-refractivity contribution in [3.8, 4) is 5.69 Å². The van der Waals surface area contributed by atoms with Crippen LogP contribution < -0.4 is 0 Å². The number of ether oxygens (including phenoxy) is 2. The summed E-state index contributed by atoms with van der Waals surface area (Å²) in [5.41, 5.74) is 1.39. The lowest BCUT2D eigenvalue weighted by Crippen LogP contribution is -2.07. The molecule has 1 aromatic heterocycles. The monoisotopic (exact) mass is 304 g/mol. The second kappa shape index (κ2) is 7.40. The molecule has 0 amide bonds. The summed E-state index contributed by atoms with van der Waals surface area (Å²) in [5, 5.41) is 4.22. The molecule has 0 saturated heterocycles. The third-order valence-corrected chi connectivity index (χ3v) is 2.81. The van der Waals surface area contributed by atoms with Crippen LogP contribution in [0.15, 0.2) is 36.7 Å². The first-order valence-electron chi connectivity index (χ1n) is 6.96. The molecule has 5 nitrogen and oxygen atoms in total. The van der Waals surface area contributed by atoms with Gasteiger partial charge < -0.3 is 9.47 Å². The minimum Gasteiger partial charge on any atom is -0.501 e. The second-order valence-electron chi connectivity index (χ2n) is 4.33. The average Bonchev–Trinajstić information content (AvgIpc) is 2.93. The molecule has 0 aliphatic carbocycles. The normalized spacial score (nSPS) is 10.9. The number of benzene rings is 1. The van der Waals surface area contributed by atoms with Crippen molar-refractivity contribution in [2.24, 2.45) is 0 Å². The van der Waals surface area contributed by atoms with E-state index in [9.17, 15) is 9.18 Å². The lowest BCUT2D eigenvalue weighted by molar-refractivity contribution is 0.0518. The van der Waals surface area contributed by atoms with E-state index in [2.05, 4.69) is 5.10 Å². The van der Waals surface area contributed by atoms with Crippen LogP contribution >= 0.6 is 0 Å². The van der Waals surface area contributed by atoms with Crippen molar-refractivity contribution >= 4 is 12.0 Å². The Hall–Kier alpha value is -2.63. The molecule has 1 aromatic carbocycles. The fourth-order valence-electron chi connectivity index (χ4n) is 1.81. The third-order valence-electron chi connectivity index (χ3n) is 2.81. The number of rotatable bonds is 6. The van der Waals surface area contributed by atoms with Crippen LogP contribution in [0.25, 0.3) is 11.8 Å². The van der Waals surface area contributed by atoms with Crippen LogP contribution in [0.3, 0.4) is 0 Å². The predicted octanol–water partition coefficient (Wildman–Crippen LogP) is 3.20. The van der Waals surface area contributed by atoms with Crippen LogP contribution in [0.5, 0.6) is 0 Å². The zero-order valence-electron chi connectivity index (χ0n) is 12.5. The van der Waals surface area contributed by atoms with Crippen molar-refractivity contribution in [2.75, 3.05) is 13.2 Å². The summed E-state index contributed by atoms with van der Waals surface area (Å²) in [5.74, 6) is -0.850. The number of aromatic nitrogens is 2. The summed E-state index contributed by atoms with van der Waals surface area (Å²) in [6.45, 7) is 4.37. The summed E-state index contributed by atoms with van der Waals surface area (Å²) in [7, 11) is 0. The summed E-state index contributed by atoms with van der Waals surface area (Å²) in [4.78, 5) is 12.0. The molecule has 0 saturated carbocycles. The SMILES string of the molecule is CCOC=Cc1cn(-c2ccc(F)cc2)nc1C(=O)OCC. The molecule has 0 N–H and O–H groups in total. The van der Waals surface area contributed by atoms with Crippen LogP contribution in [0, 0.1) is 5.82 Å². The highest BCUT2D eigenvalue weighted by atomic mass is 19.1. The number of hydrogen-bond acceptors (Lipinski definition) is 4. The van der Waals surface area contributed by atoms with Gasteiger partial charge in [-0.05, 0) is 44.2 Å². The number of nitrogens with zero attached hydrogens (tertiary/aromatic N) is 2.